The van der Waals surface area contributed by atoms with Gasteiger partial charge >= 0.3 is 5.97 Å². The van der Waals surface area contributed by atoms with Gasteiger partial charge in [0.1, 0.15) is 0 Å². The van der Waals surface area contributed by atoms with Crippen LogP contribution in [0, 0.1) is 35.0 Å². The molecule has 1 N–H and O–H groups in total. The number of fused-ring (bicyclic) bond motifs is 1. The summed E-state index contributed by atoms with van der Waals surface area (Å²) in [5.41, 5.74) is 0.107. The maximum absolute atomic E-state index is 13.0. The van der Waals surface area contributed by atoms with E-state index in [0.29, 0.717) is 35.8 Å². The first-order chi connectivity index (χ1) is 11.5. The van der Waals surface area contributed by atoms with E-state index >= 15 is 0 Å². The molecule has 3 unspecified atom stereocenters. The van der Waals surface area contributed by atoms with Crippen molar-refractivity contribution in [3.05, 3.63) is 35.4 Å². The average molecular weight is 324 g/mol. The number of ketones is 2. The molecule has 24 heavy (non-hydrogen) atoms. The molecule has 6 rings (SSSR count). The standard InChI is InChI=1S/C20H20O4/c21-17-13-3-1-2-4-14(13)18(22)15(17)16-12-6-10-5-11(7-12)9-20(16,8-10)19(23)24/h1-4,10-12,15-16H,5-9H2,(H,23,24). The zero-order valence-corrected chi connectivity index (χ0v) is 13.4. The van der Waals surface area contributed by atoms with Gasteiger partial charge in [-0.1, -0.05) is 24.3 Å². The highest BCUT2D eigenvalue weighted by Crippen LogP contribution is 2.65. The highest BCUT2D eigenvalue weighted by atomic mass is 16.4. The van der Waals surface area contributed by atoms with E-state index in [1.165, 1.54) is 0 Å². The lowest BCUT2D eigenvalue weighted by molar-refractivity contribution is -0.179. The molecule has 0 amide bonds. The van der Waals surface area contributed by atoms with Gasteiger partial charge in [-0.2, -0.15) is 0 Å². The van der Waals surface area contributed by atoms with Crippen LogP contribution in [0.3, 0.4) is 0 Å². The van der Waals surface area contributed by atoms with E-state index in [4.69, 9.17) is 0 Å². The van der Waals surface area contributed by atoms with E-state index in [9.17, 15) is 19.5 Å². The summed E-state index contributed by atoms with van der Waals surface area (Å²) in [6.07, 6.45) is 4.40. The molecule has 1 aromatic rings. The van der Waals surface area contributed by atoms with E-state index in [1.54, 1.807) is 24.3 Å². The number of Topliss-reactive ketones (excluding diaryl/α,β-unsaturated/α-hetero) is 2. The van der Waals surface area contributed by atoms with Crippen molar-refractivity contribution in [1.82, 2.24) is 0 Å². The van der Waals surface area contributed by atoms with Gasteiger partial charge in [-0.3, -0.25) is 14.4 Å². The van der Waals surface area contributed by atoms with Crippen LogP contribution in [-0.2, 0) is 4.79 Å². The lowest BCUT2D eigenvalue weighted by Gasteiger charge is -2.60. The van der Waals surface area contributed by atoms with Gasteiger partial charge in [0, 0.05) is 11.1 Å². The molecular weight excluding hydrogens is 304 g/mol. The topological polar surface area (TPSA) is 71.4 Å². The number of carboxylic acids is 1. The molecule has 4 saturated carbocycles. The maximum atomic E-state index is 13.0. The minimum Gasteiger partial charge on any atom is -0.481 e. The van der Waals surface area contributed by atoms with Gasteiger partial charge in [0.05, 0.1) is 11.3 Å². The summed E-state index contributed by atoms with van der Waals surface area (Å²) in [6, 6.07) is 6.96. The van der Waals surface area contributed by atoms with Gasteiger partial charge in [0.2, 0.25) is 0 Å². The molecule has 0 radical (unpaired) electrons. The van der Waals surface area contributed by atoms with Crippen molar-refractivity contribution in [3.63, 3.8) is 0 Å². The first-order valence-electron chi connectivity index (χ1n) is 8.92. The normalized spacial score (nSPS) is 40.2. The van der Waals surface area contributed by atoms with Crippen molar-refractivity contribution in [2.24, 2.45) is 35.0 Å². The van der Waals surface area contributed by atoms with Crippen molar-refractivity contribution < 1.29 is 19.5 Å². The molecule has 5 aliphatic carbocycles. The second-order valence-electron chi connectivity index (χ2n) is 8.35. The molecule has 0 spiro atoms. The van der Waals surface area contributed by atoms with E-state index in [-0.39, 0.29) is 23.4 Å². The number of carbonyl (C=O) groups is 3. The minimum absolute atomic E-state index is 0.145. The van der Waals surface area contributed by atoms with Crippen LogP contribution in [0.25, 0.3) is 0 Å². The number of hydrogen-bond donors (Lipinski definition) is 1. The van der Waals surface area contributed by atoms with Crippen LogP contribution in [0.15, 0.2) is 24.3 Å². The number of carbonyl (C=O) groups excluding carboxylic acids is 2. The molecule has 0 saturated heterocycles. The van der Waals surface area contributed by atoms with E-state index in [0.717, 1.165) is 19.3 Å². The maximum Gasteiger partial charge on any atom is 0.309 e. The summed E-state index contributed by atoms with van der Waals surface area (Å²) in [5, 5.41) is 10.1. The summed E-state index contributed by atoms with van der Waals surface area (Å²) < 4.78 is 0. The Morgan fingerprint density at radius 2 is 1.50 bits per heavy atom. The fraction of sp³-hybridized carbons (Fsp3) is 0.550. The molecule has 4 heteroatoms. The van der Waals surface area contributed by atoms with Gasteiger partial charge in [-0.05, 0) is 55.8 Å². The zero-order chi connectivity index (χ0) is 16.6. The van der Waals surface area contributed by atoms with Crippen molar-refractivity contribution in [3.8, 4) is 0 Å². The van der Waals surface area contributed by atoms with Crippen LogP contribution in [0.1, 0.15) is 52.8 Å². The van der Waals surface area contributed by atoms with Gasteiger partial charge in [-0.15, -0.1) is 0 Å². The van der Waals surface area contributed by atoms with Gasteiger partial charge in [0.25, 0.3) is 0 Å². The third-order valence-electron chi connectivity index (χ3n) is 7.20. The SMILES string of the molecule is O=C1c2ccccc2C(=O)C1C1C2CC3CC(C2)CC1(C(=O)O)C3. The van der Waals surface area contributed by atoms with Crippen LogP contribution in [0.2, 0.25) is 0 Å². The lowest BCUT2D eigenvalue weighted by atomic mass is 9.42. The fourth-order valence-corrected chi connectivity index (χ4v) is 6.68. The van der Waals surface area contributed by atoms with Crippen molar-refractivity contribution in [1.29, 1.82) is 0 Å². The van der Waals surface area contributed by atoms with Crippen molar-refractivity contribution in [2.45, 2.75) is 32.1 Å². The Morgan fingerprint density at radius 3 is 2.00 bits per heavy atom. The molecule has 0 aromatic heterocycles. The molecule has 4 nitrogen and oxygen atoms in total. The van der Waals surface area contributed by atoms with Crippen molar-refractivity contribution >= 4 is 17.5 Å². The number of aliphatic carboxylic acids is 1. The Labute approximate surface area is 140 Å². The molecule has 4 bridgehead atoms. The molecule has 4 fully saturated rings. The van der Waals surface area contributed by atoms with Crippen molar-refractivity contribution in [2.75, 3.05) is 0 Å². The summed E-state index contributed by atoms with van der Waals surface area (Å²) in [4.78, 5) is 38.2. The number of hydrogen-bond acceptors (Lipinski definition) is 3. The quantitative estimate of drug-likeness (QED) is 0.848. The predicted molar refractivity (Wildman–Crippen MR) is 85.7 cm³/mol. The Morgan fingerprint density at radius 1 is 0.958 bits per heavy atom. The summed E-state index contributed by atoms with van der Waals surface area (Å²) >= 11 is 0. The highest BCUT2D eigenvalue weighted by Gasteiger charge is 2.65. The molecule has 0 heterocycles. The third-order valence-corrected chi connectivity index (χ3v) is 7.20. The molecule has 3 atom stereocenters. The Balaban J connectivity index is 1.63. The lowest BCUT2D eigenvalue weighted by Crippen LogP contribution is -2.59. The van der Waals surface area contributed by atoms with Crippen LogP contribution in [0.4, 0.5) is 0 Å². The third kappa shape index (κ3) is 1.61. The summed E-state index contributed by atoms with van der Waals surface area (Å²) in [6.45, 7) is 0. The van der Waals surface area contributed by atoms with Gasteiger partial charge in [0.15, 0.2) is 11.6 Å². The van der Waals surface area contributed by atoms with E-state index in [2.05, 4.69) is 0 Å². The first-order valence-corrected chi connectivity index (χ1v) is 8.92. The van der Waals surface area contributed by atoms with Gasteiger partial charge < -0.3 is 5.11 Å². The summed E-state index contributed by atoms with van der Waals surface area (Å²) in [7, 11) is 0. The molecule has 0 aliphatic heterocycles. The van der Waals surface area contributed by atoms with E-state index < -0.39 is 17.3 Å². The Bertz CT molecular complexity index is 731. The second-order valence-corrected chi connectivity index (χ2v) is 8.35. The fourth-order valence-electron chi connectivity index (χ4n) is 6.68. The van der Waals surface area contributed by atoms with Crippen LogP contribution < -0.4 is 0 Å². The highest BCUT2D eigenvalue weighted by molar-refractivity contribution is 6.26. The van der Waals surface area contributed by atoms with E-state index in [1.807, 2.05) is 0 Å². The monoisotopic (exact) mass is 324 g/mol. The average Bonchev–Trinajstić information content (AvgIpc) is 2.79. The molecule has 124 valence electrons. The number of rotatable bonds is 2. The second kappa shape index (κ2) is 4.56. The van der Waals surface area contributed by atoms with Crippen LogP contribution in [0.5, 0.6) is 0 Å². The molecule has 5 aliphatic rings. The Kier molecular flexibility index (Phi) is 2.73. The van der Waals surface area contributed by atoms with Crippen LogP contribution >= 0.6 is 0 Å². The number of carboxylic acid groups (broad SMARTS) is 1. The molecular formula is C20H20O4. The largest absolute Gasteiger partial charge is 0.481 e. The molecule has 1 aromatic carbocycles. The van der Waals surface area contributed by atoms with Gasteiger partial charge in [-0.25, -0.2) is 0 Å². The summed E-state index contributed by atoms with van der Waals surface area (Å²) in [5.74, 6) is -1.04. The zero-order valence-electron chi connectivity index (χ0n) is 13.4. The Hall–Kier alpha value is -1.97. The predicted octanol–water partition coefficient (Wildman–Crippen LogP) is 3.21. The number of benzene rings is 1. The smallest absolute Gasteiger partial charge is 0.309 e. The first kappa shape index (κ1) is 14.4. The minimum atomic E-state index is -0.868. The van der Waals surface area contributed by atoms with Crippen LogP contribution in [-0.4, -0.2) is 22.6 Å².